The van der Waals surface area contributed by atoms with Crippen LogP contribution < -0.4 is 0 Å². The van der Waals surface area contributed by atoms with Crippen LogP contribution in [0.5, 0.6) is 0 Å². The van der Waals surface area contributed by atoms with Crippen molar-refractivity contribution in [2.24, 2.45) is 0 Å². The summed E-state index contributed by atoms with van der Waals surface area (Å²) < 4.78 is 38.1. The van der Waals surface area contributed by atoms with Gasteiger partial charge in [-0.05, 0) is 43.4 Å². The lowest BCUT2D eigenvalue weighted by molar-refractivity contribution is -0.141. The Hall–Kier alpha value is -2.37. The second-order valence-electron chi connectivity index (χ2n) is 6.30. The molecule has 0 atom stereocenters. The number of benzene rings is 1. The molecule has 0 spiro atoms. The van der Waals surface area contributed by atoms with E-state index in [4.69, 9.17) is 0 Å². The summed E-state index contributed by atoms with van der Waals surface area (Å²) in [4.78, 5) is 17.9. The number of hydrogen-bond acceptors (Lipinski definition) is 2. The minimum atomic E-state index is -4.50. The Kier molecular flexibility index (Phi) is 4.79. The molecule has 2 aromatic rings. The first-order chi connectivity index (χ1) is 11.9. The molecule has 0 unspecified atom stereocenters. The summed E-state index contributed by atoms with van der Waals surface area (Å²) in [6.45, 7) is 2.64. The molecule has 3 rings (SSSR count). The number of alkyl halides is 3. The number of aryl methyl sites for hydroxylation is 1. The topological polar surface area (TPSA) is 33.2 Å². The number of aromatic nitrogens is 1. The van der Waals surface area contributed by atoms with E-state index in [0.717, 1.165) is 18.9 Å². The van der Waals surface area contributed by atoms with Crippen LogP contribution in [0.15, 0.2) is 42.5 Å². The predicted octanol–water partition coefficient (Wildman–Crippen LogP) is 4.43. The summed E-state index contributed by atoms with van der Waals surface area (Å²) in [5.74, 6) is 0.169. The molecule has 1 amide bonds. The average Bonchev–Trinajstić information content (AvgIpc) is 2.61. The highest BCUT2D eigenvalue weighted by Gasteiger charge is 2.33. The Morgan fingerprint density at radius 2 is 1.72 bits per heavy atom. The van der Waals surface area contributed by atoms with Gasteiger partial charge in [0.15, 0.2) is 0 Å². The third-order valence-electron chi connectivity index (χ3n) is 4.66. The van der Waals surface area contributed by atoms with Crippen LogP contribution in [-0.4, -0.2) is 28.9 Å². The van der Waals surface area contributed by atoms with Crippen LogP contribution in [0.3, 0.4) is 0 Å². The molecule has 6 heteroatoms. The van der Waals surface area contributed by atoms with Gasteiger partial charge in [-0.25, -0.2) is 4.98 Å². The van der Waals surface area contributed by atoms with Crippen molar-refractivity contribution < 1.29 is 18.0 Å². The first-order valence-corrected chi connectivity index (χ1v) is 8.25. The molecular weight excluding hydrogens is 329 g/mol. The van der Waals surface area contributed by atoms with E-state index in [0.29, 0.717) is 19.0 Å². The fourth-order valence-electron chi connectivity index (χ4n) is 3.26. The van der Waals surface area contributed by atoms with Crippen molar-refractivity contribution in [2.75, 3.05) is 13.1 Å². The highest BCUT2D eigenvalue weighted by Crippen LogP contribution is 2.30. The van der Waals surface area contributed by atoms with Gasteiger partial charge >= 0.3 is 6.18 Å². The SMILES string of the molecule is Cc1nc(C(F)(F)F)ccc1C(=O)N1CCC(c2ccccc2)CC1. The molecule has 0 radical (unpaired) electrons. The smallest absolute Gasteiger partial charge is 0.339 e. The van der Waals surface area contributed by atoms with Crippen LogP contribution in [-0.2, 0) is 6.18 Å². The number of pyridine rings is 1. The lowest BCUT2D eigenvalue weighted by atomic mass is 9.89. The maximum absolute atomic E-state index is 12.7. The zero-order chi connectivity index (χ0) is 18.0. The second-order valence-corrected chi connectivity index (χ2v) is 6.30. The van der Waals surface area contributed by atoms with Gasteiger partial charge in [0.1, 0.15) is 5.69 Å². The van der Waals surface area contributed by atoms with E-state index in [1.807, 2.05) is 18.2 Å². The molecule has 0 N–H and O–H groups in total. The van der Waals surface area contributed by atoms with Gasteiger partial charge < -0.3 is 4.90 Å². The van der Waals surface area contributed by atoms with Crippen molar-refractivity contribution in [3.63, 3.8) is 0 Å². The van der Waals surface area contributed by atoms with Crippen molar-refractivity contribution in [2.45, 2.75) is 31.9 Å². The summed E-state index contributed by atoms with van der Waals surface area (Å²) in [6, 6.07) is 12.3. The number of hydrogen-bond donors (Lipinski definition) is 0. The number of likely N-dealkylation sites (tertiary alicyclic amines) is 1. The summed E-state index contributed by atoms with van der Waals surface area (Å²) >= 11 is 0. The molecule has 3 nitrogen and oxygen atoms in total. The number of carbonyl (C=O) groups is 1. The first-order valence-electron chi connectivity index (χ1n) is 8.25. The maximum Gasteiger partial charge on any atom is 0.433 e. The molecule has 25 heavy (non-hydrogen) atoms. The number of amides is 1. The number of rotatable bonds is 2. The van der Waals surface area contributed by atoms with E-state index >= 15 is 0 Å². The van der Waals surface area contributed by atoms with E-state index in [-0.39, 0.29) is 17.2 Å². The Bertz CT molecular complexity index is 751. The maximum atomic E-state index is 12.7. The highest BCUT2D eigenvalue weighted by atomic mass is 19.4. The van der Waals surface area contributed by atoms with Gasteiger partial charge in [-0.15, -0.1) is 0 Å². The van der Waals surface area contributed by atoms with Gasteiger partial charge in [-0.2, -0.15) is 13.2 Å². The predicted molar refractivity (Wildman–Crippen MR) is 88.3 cm³/mol. The van der Waals surface area contributed by atoms with E-state index in [9.17, 15) is 18.0 Å². The standard InChI is InChI=1S/C19H19F3N2O/c1-13-16(7-8-17(23-13)19(20,21)22)18(25)24-11-9-15(10-12-24)14-5-3-2-4-6-14/h2-8,15H,9-12H2,1H3. The molecule has 132 valence electrons. The van der Waals surface area contributed by atoms with Crippen molar-refractivity contribution in [1.82, 2.24) is 9.88 Å². The van der Waals surface area contributed by atoms with Crippen molar-refractivity contribution >= 4 is 5.91 Å². The molecule has 0 bridgehead atoms. The third kappa shape index (κ3) is 3.83. The number of nitrogens with zero attached hydrogens (tertiary/aromatic N) is 2. The summed E-state index contributed by atoms with van der Waals surface area (Å²) in [5.41, 5.74) is 0.655. The van der Waals surface area contributed by atoms with Crippen LogP contribution in [0, 0.1) is 6.92 Å². The molecule has 1 fully saturated rings. The molecular formula is C19H19F3N2O. The van der Waals surface area contributed by atoms with E-state index in [1.54, 1.807) is 4.90 Å². The highest BCUT2D eigenvalue weighted by molar-refractivity contribution is 5.95. The van der Waals surface area contributed by atoms with Gasteiger partial charge in [-0.1, -0.05) is 30.3 Å². The van der Waals surface area contributed by atoms with E-state index in [1.165, 1.54) is 18.6 Å². The molecule has 2 heterocycles. The van der Waals surface area contributed by atoms with Crippen LogP contribution in [0.1, 0.15) is 46.1 Å². The van der Waals surface area contributed by atoms with Crippen LogP contribution >= 0.6 is 0 Å². The minimum absolute atomic E-state index is 0.116. The Morgan fingerprint density at radius 3 is 2.28 bits per heavy atom. The van der Waals surface area contributed by atoms with E-state index in [2.05, 4.69) is 17.1 Å². The van der Waals surface area contributed by atoms with Crippen molar-refractivity contribution in [3.8, 4) is 0 Å². The monoisotopic (exact) mass is 348 g/mol. The quantitative estimate of drug-likeness (QED) is 0.804. The van der Waals surface area contributed by atoms with Gasteiger partial charge in [0.05, 0.1) is 11.3 Å². The largest absolute Gasteiger partial charge is 0.433 e. The lowest BCUT2D eigenvalue weighted by Gasteiger charge is -2.32. The van der Waals surface area contributed by atoms with Crippen LogP contribution in [0.25, 0.3) is 0 Å². The Balaban J connectivity index is 1.69. The van der Waals surface area contributed by atoms with Gasteiger partial charge in [-0.3, -0.25) is 4.79 Å². The van der Waals surface area contributed by atoms with Crippen LogP contribution in [0.2, 0.25) is 0 Å². The van der Waals surface area contributed by atoms with Crippen molar-refractivity contribution in [1.29, 1.82) is 0 Å². The molecule has 1 saturated heterocycles. The molecule has 0 saturated carbocycles. The lowest BCUT2D eigenvalue weighted by Crippen LogP contribution is -2.38. The Labute approximate surface area is 144 Å². The molecule has 1 aliphatic heterocycles. The average molecular weight is 348 g/mol. The van der Waals surface area contributed by atoms with E-state index < -0.39 is 11.9 Å². The number of carbonyl (C=O) groups excluding carboxylic acids is 1. The minimum Gasteiger partial charge on any atom is -0.339 e. The summed E-state index contributed by atoms with van der Waals surface area (Å²) in [5, 5.41) is 0. The summed E-state index contributed by atoms with van der Waals surface area (Å²) in [7, 11) is 0. The van der Waals surface area contributed by atoms with Crippen molar-refractivity contribution in [3.05, 3.63) is 65.0 Å². The fraction of sp³-hybridized carbons (Fsp3) is 0.368. The molecule has 0 aliphatic carbocycles. The van der Waals surface area contributed by atoms with Gasteiger partial charge in [0.2, 0.25) is 0 Å². The molecule has 1 aromatic heterocycles. The summed E-state index contributed by atoms with van der Waals surface area (Å²) in [6.07, 6.45) is -2.80. The third-order valence-corrected chi connectivity index (χ3v) is 4.66. The first kappa shape index (κ1) is 17.5. The van der Waals surface area contributed by atoms with Gasteiger partial charge in [0, 0.05) is 13.1 Å². The number of piperidine rings is 1. The second kappa shape index (κ2) is 6.86. The number of halogens is 3. The van der Waals surface area contributed by atoms with Crippen LogP contribution in [0.4, 0.5) is 13.2 Å². The fourth-order valence-corrected chi connectivity index (χ4v) is 3.26. The molecule has 1 aromatic carbocycles. The zero-order valence-electron chi connectivity index (χ0n) is 13.9. The van der Waals surface area contributed by atoms with Gasteiger partial charge in [0.25, 0.3) is 5.91 Å². The zero-order valence-corrected chi connectivity index (χ0v) is 13.9. The normalized spacial score (nSPS) is 16.1. The molecule has 1 aliphatic rings. The Morgan fingerprint density at radius 1 is 1.08 bits per heavy atom.